The Hall–Kier alpha value is -1.62. The SMILES string of the molecule is CCNCC.F[B-](F)(F)F.N#[N+]c1ccccc1. The van der Waals surface area contributed by atoms with Gasteiger partial charge in [-0.2, -0.15) is 0 Å². The number of diazo groups is 1. The van der Waals surface area contributed by atoms with E-state index in [1.54, 1.807) is 12.1 Å². The first-order valence-electron chi connectivity index (χ1n) is 5.33. The first-order chi connectivity index (χ1) is 8.35. The predicted molar refractivity (Wildman–Crippen MR) is 65.6 cm³/mol. The van der Waals surface area contributed by atoms with Crippen molar-refractivity contribution in [2.75, 3.05) is 13.1 Å². The van der Waals surface area contributed by atoms with Crippen LogP contribution in [0.1, 0.15) is 13.8 Å². The highest BCUT2D eigenvalue weighted by atomic mass is 19.5. The van der Waals surface area contributed by atoms with Crippen molar-refractivity contribution in [1.82, 2.24) is 5.32 Å². The minimum Gasteiger partial charge on any atom is -0.418 e. The molecule has 0 heterocycles. The van der Waals surface area contributed by atoms with Crippen LogP contribution in [0.25, 0.3) is 4.98 Å². The van der Waals surface area contributed by atoms with Gasteiger partial charge in [0.25, 0.3) is 0 Å². The highest BCUT2D eigenvalue weighted by Gasteiger charge is 2.20. The lowest BCUT2D eigenvalue weighted by Crippen LogP contribution is -2.09. The Balaban J connectivity index is 0. The highest BCUT2D eigenvalue weighted by molar-refractivity contribution is 6.50. The Kier molecular flexibility index (Phi) is 12.3. The highest BCUT2D eigenvalue weighted by Crippen LogP contribution is 2.07. The van der Waals surface area contributed by atoms with E-state index in [1.807, 2.05) is 18.2 Å². The van der Waals surface area contributed by atoms with Crippen LogP contribution in [0.3, 0.4) is 0 Å². The van der Waals surface area contributed by atoms with Crippen LogP contribution in [0.5, 0.6) is 0 Å². The first kappa shape index (κ1) is 18.7. The van der Waals surface area contributed by atoms with Gasteiger partial charge >= 0.3 is 12.9 Å². The number of hydrogen-bond acceptors (Lipinski definition) is 2. The summed E-state index contributed by atoms with van der Waals surface area (Å²) in [4.78, 5) is 2.97. The van der Waals surface area contributed by atoms with Crippen molar-refractivity contribution < 1.29 is 17.3 Å². The maximum Gasteiger partial charge on any atom is 0.673 e. The van der Waals surface area contributed by atoms with Gasteiger partial charge in [-0.15, -0.1) is 0 Å². The maximum atomic E-state index is 9.75. The molecule has 8 heteroatoms. The number of benzene rings is 1. The molecule has 0 aromatic heterocycles. The fourth-order valence-electron chi connectivity index (χ4n) is 0.745. The van der Waals surface area contributed by atoms with Gasteiger partial charge in [-0.1, -0.05) is 32.0 Å². The van der Waals surface area contributed by atoms with Gasteiger partial charge in [-0.05, 0) is 13.1 Å². The van der Waals surface area contributed by atoms with Gasteiger partial charge in [-0.3, -0.25) is 0 Å². The number of hydrogen-bond donors (Lipinski definition) is 1. The summed E-state index contributed by atoms with van der Waals surface area (Å²) < 4.78 is 39.0. The smallest absolute Gasteiger partial charge is 0.418 e. The molecule has 0 radical (unpaired) electrons. The van der Waals surface area contributed by atoms with Crippen molar-refractivity contribution >= 4 is 12.9 Å². The molecule has 0 spiro atoms. The van der Waals surface area contributed by atoms with Crippen molar-refractivity contribution in [1.29, 1.82) is 5.39 Å². The van der Waals surface area contributed by atoms with Gasteiger partial charge in [0.05, 0.1) is 0 Å². The third-order valence-corrected chi connectivity index (χ3v) is 1.37. The third kappa shape index (κ3) is 23.9. The van der Waals surface area contributed by atoms with Crippen molar-refractivity contribution in [2.24, 2.45) is 0 Å². The summed E-state index contributed by atoms with van der Waals surface area (Å²) in [6, 6.07) is 8.94. The van der Waals surface area contributed by atoms with E-state index in [0.717, 1.165) is 13.1 Å². The fourth-order valence-corrected chi connectivity index (χ4v) is 0.745. The van der Waals surface area contributed by atoms with Gasteiger partial charge in [0, 0.05) is 12.1 Å². The Labute approximate surface area is 104 Å². The molecular weight excluding hydrogens is 249 g/mol. The molecule has 0 aliphatic heterocycles. The molecule has 0 aliphatic carbocycles. The second-order valence-corrected chi connectivity index (χ2v) is 2.89. The average molecular weight is 265 g/mol. The number of nitrogens with zero attached hydrogens (tertiary/aromatic N) is 2. The quantitative estimate of drug-likeness (QED) is 0.497. The maximum absolute atomic E-state index is 9.75. The van der Waals surface area contributed by atoms with Crippen LogP contribution < -0.4 is 5.32 Å². The summed E-state index contributed by atoms with van der Waals surface area (Å²) in [7, 11) is -6.00. The van der Waals surface area contributed by atoms with E-state index in [0.29, 0.717) is 5.69 Å². The molecule has 0 bridgehead atoms. The molecule has 0 saturated carbocycles. The van der Waals surface area contributed by atoms with Crippen molar-refractivity contribution in [3.63, 3.8) is 0 Å². The van der Waals surface area contributed by atoms with Crippen LogP contribution in [-0.2, 0) is 0 Å². The van der Waals surface area contributed by atoms with E-state index in [2.05, 4.69) is 24.1 Å². The number of rotatable bonds is 2. The fraction of sp³-hybridized carbons (Fsp3) is 0.400. The van der Waals surface area contributed by atoms with Gasteiger partial charge in [0.1, 0.15) is 0 Å². The van der Waals surface area contributed by atoms with E-state index in [4.69, 9.17) is 5.39 Å². The zero-order valence-corrected chi connectivity index (χ0v) is 10.3. The molecule has 1 aromatic carbocycles. The summed E-state index contributed by atoms with van der Waals surface area (Å²) in [5, 5.41) is 11.3. The van der Waals surface area contributed by atoms with Crippen LogP contribution in [0, 0.1) is 5.39 Å². The van der Waals surface area contributed by atoms with Crippen molar-refractivity contribution in [3.05, 3.63) is 35.3 Å². The summed E-state index contributed by atoms with van der Waals surface area (Å²) in [6.45, 7) is 6.39. The molecule has 0 aliphatic rings. The Bertz CT molecular complexity index is 316. The van der Waals surface area contributed by atoms with E-state index in [9.17, 15) is 17.3 Å². The zero-order chi connectivity index (χ0) is 14.4. The standard InChI is InChI=1S/C6H5N2.C4H11N.BF4/c7-8-6-4-2-1-3-5-6;1-3-5-4-2;2-1(3,4)5/h1-5H;5H,3-4H2,1-2H3;/q+1;;-1. The van der Waals surface area contributed by atoms with Crippen molar-refractivity contribution in [3.8, 4) is 0 Å². The van der Waals surface area contributed by atoms with Crippen LogP contribution in [0.15, 0.2) is 30.3 Å². The van der Waals surface area contributed by atoms with Crippen molar-refractivity contribution in [2.45, 2.75) is 13.8 Å². The Morgan fingerprint density at radius 3 is 1.61 bits per heavy atom. The van der Waals surface area contributed by atoms with Crippen LogP contribution in [0.2, 0.25) is 0 Å². The summed E-state index contributed by atoms with van der Waals surface area (Å²) in [6.07, 6.45) is 0. The minimum absolute atomic E-state index is 0.590. The molecule has 1 N–H and O–H groups in total. The van der Waals surface area contributed by atoms with Crippen LogP contribution >= 0.6 is 0 Å². The molecule has 0 saturated heterocycles. The number of nitrogens with one attached hydrogen (secondary N) is 1. The summed E-state index contributed by atoms with van der Waals surface area (Å²) >= 11 is 0. The monoisotopic (exact) mass is 265 g/mol. The van der Waals surface area contributed by atoms with Crippen LogP contribution in [-0.4, -0.2) is 20.3 Å². The molecule has 0 amide bonds. The van der Waals surface area contributed by atoms with E-state index in [1.165, 1.54) is 0 Å². The molecule has 1 aromatic rings. The third-order valence-electron chi connectivity index (χ3n) is 1.37. The molecular formula is C10H16BF4N3. The molecule has 18 heavy (non-hydrogen) atoms. The largest absolute Gasteiger partial charge is 0.673 e. The lowest BCUT2D eigenvalue weighted by molar-refractivity contribution is 0.368. The molecule has 0 atom stereocenters. The Morgan fingerprint density at radius 1 is 1.06 bits per heavy atom. The first-order valence-corrected chi connectivity index (χ1v) is 5.33. The van der Waals surface area contributed by atoms with Crippen LogP contribution in [0.4, 0.5) is 23.0 Å². The lowest BCUT2D eigenvalue weighted by Gasteiger charge is -1.94. The molecule has 3 nitrogen and oxygen atoms in total. The van der Waals surface area contributed by atoms with E-state index < -0.39 is 7.25 Å². The van der Waals surface area contributed by atoms with Gasteiger partial charge in [-0.25, -0.2) is 0 Å². The van der Waals surface area contributed by atoms with Gasteiger partial charge < -0.3 is 22.6 Å². The molecule has 102 valence electrons. The van der Waals surface area contributed by atoms with E-state index in [-0.39, 0.29) is 0 Å². The van der Waals surface area contributed by atoms with Gasteiger partial charge in [0.15, 0.2) is 4.98 Å². The lowest BCUT2D eigenvalue weighted by atomic mass is 10.3. The second-order valence-electron chi connectivity index (χ2n) is 2.89. The average Bonchev–Trinajstić information content (AvgIpc) is 2.30. The minimum atomic E-state index is -6.00. The topological polar surface area (TPSA) is 40.2 Å². The summed E-state index contributed by atoms with van der Waals surface area (Å²) in [5.41, 5.74) is 0.590. The summed E-state index contributed by atoms with van der Waals surface area (Å²) in [5.74, 6) is 0. The predicted octanol–water partition coefficient (Wildman–Crippen LogP) is 4.09. The van der Waals surface area contributed by atoms with E-state index >= 15 is 0 Å². The zero-order valence-electron chi connectivity index (χ0n) is 10.3. The number of halogens is 4. The molecule has 0 fully saturated rings. The Morgan fingerprint density at radius 2 is 1.44 bits per heavy atom. The van der Waals surface area contributed by atoms with Gasteiger partial charge in [0.2, 0.25) is 5.39 Å². The normalized spacial score (nSPS) is 9.17. The second kappa shape index (κ2) is 11.9. The molecule has 0 unspecified atom stereocenters. The molecule has 1 rings (SSSR count).